The fourth-order valence-electron chi connectivity index (χ4n) is 1.82. The third kappa shape index (κ3) is 3.34. The standard InChI is InChI=1S/C11H14ClNO3S/c12-10-7-9(1-2-11(10)14)8-13-3-5-17(15,16)6-4-13/h1-2,7,14H,3-6,8H2. The van der Waals surface area contributed by atoms with Crippen molar-refractivity contribution in [2.24, 2.45) is 0 Å². The lowest BCUT2D eigenvalue weighted by Gasteiger charge is -2.26. The van der Waals surface area contributed by atoms with E-state index in [2.05, 4.69) is 4.90 Å². The Balaban J connectivity index is 2.00. The number of hydrogen-bond donors (Lipinski definition) is 1. The van der Waals surface area contributed by atoms with Crippen molar-refractivity contribution in [3.05, 3.63) is 28.8 Å². The topological polar surface area (TPSA) is 57.6 Å². The van der Waals surface area contributed by atoms with Crippen LogP contribution in [0.1, 0.15) is 5.56 Å². The van der Waals surface area contributed by atoms with Crippen molar-refractivity contribution >= 4 is 21.4 Å². The Morgan fingerprint density at radius 1 is 1.29 bits per heavy atom. The molecule has 1 aromatic carbocycles. The lowest BCUT2D eigenvalue weighted by molar-refractivity contribution is 0.287. The third-order valence-corrected chi connectivity index (χ3v) is 4.77. The highest BCUT2D eigenvalue weighted by molar-refractivity contribution is 7.91. The number of aromatic hydroxyl groups is 1. The molecule has 0 bridgehead atoms. The summed E-state index contributed by atoms with van der Waals surface area (Å²) in [7, 11) is -2.83. The van der Waals surface area contributed by atoms with E-state index >= 15 is 0 Å². The first-order valence-corrected chi connectivity index (χ1v) is 7.56. The van der Waals surface area contributed by atoms with Gasteiger partial charge in [0, 0.05) is 19.6 Å². The Morgan fingerprint density at radius 3 is 2.53 bits per heavy atom. The highest BCUT2D eigenvalue weighted by Gasteiger charge is 2.21. The summed E-state index contributed by atoms with van der Waals surface area (Å²) in [5.74, 6) is 0.508. The molecule has 0 atom stereocenters. The Kier molecular flexibility index (Phi) is 3.61. The Labute approximate surface area is 106 Å². The van der Waals surface area contributed by atoms with Gasteiger partial charge in [-0.3, -0.25) is 4.90 Å². The zero-order valence-corrected chi connectivity index (χ0v) is 10.8. The molecule has 0 aliphatic carbocycles. The monoisotopic (exact) mass is 275 g/mol. The maximum atomic E-state index is 11.3. The van der Waals surface area contributed by atoms with Crippen LogP contribution in [0.25, 0.3) is 0 Å². The predicted molar refractivity (Wildman–Crippen MR) is 67.0 cm³/mol. The van der Waals surface area contributed by atoms with E-state index in [-0.39, 0.29) is 17.3 Å². The number of phenolic OH excluding ortho intramolecular Hbond substituents is 1. The van der Waals surface area contributed by atoms with Crippen molar-refractivity contribution < 1.29 is 13.5 Å². The molecule has 0 unspecified atom stereocenters. The van der Waals surface area contributed by atoms with Gasteiger partial charge in [0.2, 0.25) is 0 Å². The van der Waals surface area contributed by atoms with Gasteiger partial charge in [0.1, 0.15) is 5.75 Å². The first-order valence-electron chi connectivity index (χ1n) is 5.36. The predicted octanol–water partition coefficient (Wildman–Crippen LogP) is 1.28. The smallest absolute Gasteiger partial charge is 0.152 e. The molecule has 0 spiro atoms. The van der Waals surface area contributed by atoms with E-state index in [0.717, 1.165) is 5.56 Å². The summed E-state index contributed by atoms with van der Waals surface area (Å²) < 4.78 is 22.5. The van der Waals surface area contributed by atoms with Gasteiger partial charge in [-0.15, -0.1) is 0 Å². The summed E-state index contributed by atoms with van der Waals surface area (Å²) in [6, 6.07) is 5.06. The minimum atomic E-state index is -2.83. The molecule has 94 valence electrons. The summed E-state index contributed by atoms with van der Waals surface area (Å²) >= 11 is 5.81. The summed E-state index contributed by atoms with van der Waals surface area (Å²) in [5, 5.41) is 9.62. The van der Waals surface area contributed by atoms with Crippen LogP contribution in [0.3, 0.4) is 0 Å². The average molecular weight is 276 g/mol. The van der Waals surface area contributed by atoms with E-state index in [0.29, 0.717) is 24.7 Å². The van der Waals surface area contributed by atoms with Crippen LogP contribution in [0.15, 0.2) is 18.2 Å². The summed E-state index contributed by atoms with van der Waals surface area (Å²) in [4.78, 5) is 2.07. The molecule has 0 radical (unpaired) electrons. The molecule has 0 amide bonds. The second kappa shape index (κ2) is 4.84. The van der Waals surface area contributed by atoms with E-state index in [1.165, 1.54) is 0 Å². The Bertz CT molecular complexity index is 501. The maximum absolute atomic E-state index is 11.3. The molecule has 4 nitrogen and oxygen atoms in total. The van der Waals surface area contributed by atoms with Crippen LogP contribution in [0.5, 0.6) is 5.75 Å². The number of halogens is 1. The van der Waals surface area contributed by atoms with E-state index in [1.807, 2.05) is 0 Å². The highest BCUT2D eigenvalue weighted by Crippen LogP contribution is 2.24. The lowest BCUT2D eigenvalue weighted by Crippen LogP contribution is -2.39. The fraction of sp³-hybridized carbons (Fsp3) is 0.455. The molecule has 1 aliphatic heterocycles. The van der Waals surface area contributed by atoms with Gasteiger partial charge < -0.3 is 5.11 Å². The molecule has 6 heteroatoms. The van der Waals surface area contributed by atoms with Crippen molar-refractivity contribution in [1.82, 2.24) is 4.90 Å². The summed E-state index contributed by atoms with van der Waals surface area (Å²) in [5.41, 5.74) is 0.979. The molecule has 1 N–H and O–H groups in total. The molecular formula is C11H14ClNO3S. The van der Waals surface area contributed by atoms with Crippen LogP contribution in [-0.4, -0.2) is 43.0 Å². The summed E-state index contributed by atoms with van der Waals surface area (Å²) in [6.07, 6.45) is 0. The van der Waals surface area contributed by atoms with Crippen LogP contribution in [0.2, 0.25) is 5.02 Å². The molecule has 1 fully saturated rings. The number of benzene rings is 1. The van der Waals surface area contributed by atoms with Gasteiger partial charge in [0.15, 0.2) is 9.84 Å². The fourth-order valence-corrected chi connectivity index (χ4v) is 3.30. The lowest BCUT2D eigenvalue weighted by atomic mass is 10.2. The Morgan fingerprint density at radius 2 is 1.94 bits per heavy atom. The summed E-state index contributed by atoms with van der Waals surface area (Å²) in [6.45, 7) is 1.77. The number of rotatable bonds is 2. The van der Waals surface area contributed by atoms with Crippen LogP contribution >= 0.6 is 11.6 Å². The molecular weight excluding hydrogens is 262 g/mol. The molecule has 1 aromatic rings. The van der Waals surface area contributed by atoms with Gasteiger partial charge in [-0.2, -0.15) is 0 Å². The third-order valence-electron chi connectivity index (χ3n) is 2.86. The normalized spacial score (nSPS) is 20.3. The van der Waals surface area contributed by atoms with Gasteiger partial charge in [-0.05, 0) is 17.7 Å². The van der Waals surface area contributed by atoms with E-state index in [9.17, 15) is 13.5 Å². The van der Waals surface area contributed by atoms with Gasteiger partial charge in [-0.25, -0.2) is 8.42 Å². The minimum absolute atomic E-state index is 0.0663. The zero-order chi connectivity index (χ0) is 12.5. The van der Waals surface area contributed by atoms with Crippen LogP contribution in [-0.2, 0) is 16.4 Å². The van der Waals surface area contributed by atoms with Crippen molar-refractivity contribution in [2.45, 2.75) is 6.54 Å². The van der Waals surface area contributed by atoms with Crippen LogP contribution in [0.4, 0.5) is 0 Å². The molecule has 1 aliphatic rings. The van der Waals surface area contributed by atoms with Crippen LogP contribution < -0.4 is 0 Å². The van der Waals surface area contributed by atoms with Gasteiger partial charge in [0.05, 0.1) is 16.5 Å². The van der Waals surface area contributed by atoms with Crippen molar-refractivity contribution in [1.29, 1.82) is 0 Å². The minimum Gasteiger partial charge on any atom is -0.506 e. The SMILES string of the molecule is O=S1(=O)CCN(Cc2ccc(O)c(Cl)c2)CC1. The molecule has 1 heterocycles. The Hall–Kier alpha value is -0.780. The number of hydrogen-bond acceptors (Lipinski definition) is 4. The molecule has 1 saturated heterocycles. The molecule has 2 rings (SSSR count). The number of phenols is 1. The van der Waals surface area contributed by atoms with Crippen molar-refractivity contribution in [3.8, 4) is 5.75 Å². The highest BCUT2D eigenvalue weighted by atomic mass is 35.5. The van der Waals surface area contributed by atoms with Gasteiger partial charge in [0.25, 0.3) is 0 Å². The largest absolute Gasteiger partial charge is 0.506 e. The molecule has 17 heavy (non-hydrogen) atoms. The maximum Gasteiger partial charge on any atom is 0.152 e. The first-order chi connectivity index (χ1) is 7.96. The second-order valence-electron chi connectivity index (χ2n) is 4.21. The van der Waals surface area contributed by atoms with E-state index in [1.54, 1.807) is 18.2 Å². The van der Waals surface area contributed by atoms with Gasteiger partial charge >= 0.3 is 0 Å². The zero-order valence-electron chi connectivity index (χ0n) is 9.26. The number of sulfone groups is 1. The second-order valence-corrected chi connectivity index (χ2v) is 6.92. The first kappa shape index (κ1) is 12.7. The van der Waals surface area contributed by atoms with Gasteiger partial charge in [-0.1, -0.05) is 17.7 Å². The van der Waals surface area contributed by atoms with Crippen LogP contribution in [0, 0.1) is 0 Å². The quantitative estimate of drug-likeness (QED) is 0.883. The molecule has 0 saturated carbocycles. The van der Waals surface area contributed by atoms with Crippen molar-refractivity contribution in [2.75, 3.05) is 24.6 Å². The molecule has 0 aromatic heterocycles. The van der Waals surface area contributed by atoms with Crippen molar-refractivity contribution in [3.63, 3.8) is 0 Å². The van der Waals surface area contributed by atoms with E-state index < -0.39 is 9.84 Å². The number of nitrogens with zero attached hydrogens (tertiary/aromatic N) is 1. The van der Waals surface area contributed by atoms with E-state index in [4.69, 9.17) is 11.6 Å². The average Bonchev–Trinajstić information content (AvgIpc) is 2.27.